The summed E-state index contributed by atoms with van der Waals surface area (Å²) in [4.78, 5) is 17.9. The highest BCUT2D eigenvalue weighted by molar-refractivity contribution is 5.99. The number of ether oxygens (including phenoxy) is 1. The smallest absolute Gasteiger partial charge is 0.250 e. The molecule has 0 atom stereocenters. The number of nitrogens with zero attached hydrogens (tertiary/aromatic N) is 2. The summed E-state index contributed by atoms with van der Waals surface area (Å²) >= 11 is 0. The van der Waals surface area contributed by atoms with E-state index in [1.54, 1.807) is 48.7 Å². The zero-order valence-electron chi connectivity index (χ0n) is 16.3. The molecule has 4 N–H and O–H groups in total. The highest BCUT2D eigenvalue weighted by Crippen LogP contribution is 2.27. The van der Waals surface area contributed by atoms with E-state index in [1.165, 1.54) is 6.07 Å². The van der Waals surface area contributed by atoms with Gasteiger partial charge in [-0.2, -0.15) is 0 Å². The fourth-order valence-corrected chi connectivity index (χ4v) is 3.30. The maximum absolute atomic E-state index is 14.7. The van der Waals surface area contributed by atoms with Crippen LogP contribution in [0.3, 0.4) is 0 Å². The first kappa shape index (κ1) is 19.7. The van der Waals surface area contributed by atoms with Crippen molar-refractivity contribution in [2.75, 3.05) is 41.8 Å². The summed E-state index contributed by atoms with van der Waals surface area (Å²) in [6.07, 6.45) is 1.59. The Morgan fingerprint density at radius 2 is 1.83 bits per heavy atom. The molecule has 1 amide bonds. The number of carbonyl (C=O) groups is 1. The summed E-state index contributed by atoms with van der Waals surface area (Å²) in [5.41, 5.74) is 8.24. The van der Waals surface area contributed by atoms with E-state index in [-0.39, 0.29) is 5.82 Å². The van der Waals surface area contributed by atoms with Crippen molar-refractivity contribution >= 4 is 34.5 Å². The van der Waals surface area contributed by atoms with Gasteiger partial charge in [-0.1, -0.05) is 12.1 Å². The number of carbonyl (C=O) groups excluding carboxylic acids is 1. The van der Waals surface area contributed by atoms with Crippen molar-refractivity contribution in [2.45, 2.75) is 0 Å². The van der Waals surface area contributed by atoms with E-state index in [4.69, 9.17) is 10.5 Å². The van der Waals surface area contributed by atoms with Crippen LogP contribution in [0, 0.1) is 5.82 Å². The number of hydrogen-bond donors (Lipinski definition) is 3. The maximum Gasteiger partial charge on any atom is 0.250 e. The number of morpholine rings is 1. The van der Waals surface area contributed by atoms with Crippen LogP contribution in [-0.2, 0) is 4.74 Å². The Kier molecular flexibility index (Phi) is 5.76. The van der Waals surface area contributed by atoms with Gasteiger partial charge in [-0.15, -0.1) is 0 Å². The molecule has 0 radical (unpaired) electrons. The van der Waals surface area contributed by atoms with Crippen molar-refractivity contribution in [2.24, 2.45) is 5.73 Å². The molecular formula is C22H22FN5O2. The Hall–Kier alpha value is -3.65. The fourth-order valence-electron chi connectivity index (χ4n) is 3.30. The van der Waals surface area contributed by atoms with Crippen LogP contribution in [0.5, 0.6) is 0 Å². The average molecular weight is 407 g/mol. The van der Waals surface area contributed by atoms with Gasteiger partial charge in [0.05, 0.1) is 30.2 Å². The van der Waals surface area contributed by atoms with Gasteiger partial charge in [0, 0.05) is 36.7 Å². The minimum atomic E-state index is -0.520. The summed E-state index contributed by atoms with van der Waals surface area (Å²) in [6.45, 7) is 2.77. The van der Waals surface area contributed by atoms with Crippen molar-refractivity contribution in [1.29, 1.82) is 0 Å². The Morgan fingerprint density at radius 3 is 2.60 bits per heavy atom. The number of pyridine rings is 1. The molecule has 2 aromatic carbocycles. The van der Waals surface area contributed by atoms with Crippen LogP contribution in [0.1, 0.15) is 10.4 Å². The van der Waals surface area contributed by atoms with Crippen LogP contribution in [0.25, 0.3) is 0 Å². The Bertz CT molecular complexity index is 1050. The first-order valence-corrected chi connectivity index (χ1v) is 9.61. The zero-order valence-corrected chi connectivity index (χ0v) is 16.3. The topological polar surface area (TPSA) is 92.5 Å². The van der Waals surface area contributed by atoms with Crippen molar-refractivity contribution in [3.63, 3.8) is 0 Å². The predicted molar refractivity (Wildman–Crippen MR) is 115 cm³/mol. The van der Waals surface area contributed by atoms with Gasteiger partial charge in [-0.3, -0.25) is 4.79 Å². The molecule has 0 saturated carbocycles. The molecule has 154 valence electrons. The number of rotatable bonds is 6. The number of halogens is 1. The number of nitrogens with two attached hydrogens (primary N) is 1. The third-order valence-corrected chi connectivity index (χ3v) is 4.82. The lowest BCUT2D eigenvalue weighted by Crippen LogP contribution is -2.36. The summed E-state index contributed by atoms with van der Waals surface area (Å²) in [5.74, 6) is -0.416. The third kappa shape index (κ3) is 4.49. The van der Waals surface area contributed by atoms with Crippen molar-refractivity contribution in [3.8, 4) is 0 Å². The van der Waals surface area contributed by atoms with Crippen LogP contribution < -0.4 is 21.3 Å². The van der Waals surface area contributed by atoms with Crippen LogP contribution >= 0.6 is 0 Å². The number of amides is 1. The van der Waals surface area contributed by atoms with E-state index in [1.807, 2.05) is 6.07 Å². The molecule has 1 aromatic heterocycles. The number of benzene rings is 2. The Balaban J connectivity index is 1.50. The molecule has 30 heavy (non-hydrogen) atoms. The summed E-state index contributed by atoms with van der Waals surface area (Å²) in [6, 6.07) is 15.5. The molecule has 4 rings (SSSR count). The monoisotopic (exact) mass is 407 g/mol. The number of para-hydroxylation sites is 1. The first-order chi connectivity index (χ1) is 14.6. The van der Waals surface area contributed by atoms with E-state index >= 15 is 0 Å². The molecule has 0 aliphatic carbocycles. The molecular weight excluding hydrogens is 385 g/mol. The van der Waals surface area contributed by atoms with E-state index in [0.717, 1.165) is 18.8 Å². The number of anilines is 5. The van der Waals surface area contributed by atoms with Gasteiger partial charge in [-0.05, 0) is 36.4 Å². The van der Waals surface area contributed by atoms with Gasteiger partial charge >= 0.3 is 0 Å². The second-order valence-corrected chi connectivity index (χ2v) is 6.85. The van der Waals surface area contributed by atoms with Crippen LogP contribution in [-0.4, -0.2) is 37.2 Å². The lowest BCUT2D eigenvalue weighted by Gasteiger charge is -2.29. The number of primary amides is 1. The quantitative estimate of drug-likeness (QED) is 0.578. The SMILES string of the molecule is NC(=O)c1ccccc1Nc1ccnc(Nc2ccc(N3CCOCC3)cc2F)c1. The summed E-state index contributed by atoms with van der Waals surface area (Å²) < 4.78 is 20.0. The van der Waals surface area contributed by atoms with Gasteiger partial charge < -0.3 is 26.0 Å². The van der Waals surface area contributed by atoms with Gasteiger partial charge in [0.1, 0.15) is 11.6 Å². The molecule has 0 bridgehead atoms. The van der Waals surface area contributed by atoms with Crippen molar-refractivity contribution < 1.29 is 13.9 Å². The molecule has 0 spiro atoms. The lowest BCUT2D eigenvalue weighted by molar-refractivity contribution is 0.100. The number of hydrogen-bond acceptors (Lipinski definition) is 6. The van der Waals surface area contributed by atoms with E-state index < -0.39 is 5.91 Å². The molecule has 1 aliphatic heterocycles. The van der Waals surface area contributed by atoms with Gasteiger partial charge in [-0.25, -0.2) is 9.37 Å². The largest absolute Gasteiger partial charge is 0.378 e. The summed E-state index contributed by atoms with van der Waals surface area (Å²) in [7, 11) is 0. The molecule has 1 aliphatic rings. The van der Waals surface area contributed by atoms with Gasteiger partial charge in [0.2, 0.25) is 0 Å². The fraction of sp³-hybridized carbons (Fsp3) is 0.182. The minimum Gasteiger partial charge on any atom is -0.378 e. The molecule has 1 fully saturated rings. The molecule has 8 heteroatoms. The molecule has 1 saturated heterocycles. The molecule has 3 aromatic rings. The average Bonchev–Trinajstić information content (AvgIpc) is 2.76. The molecule has 2 heterocycles. The van der Waals surface area contributed by atoms with Crippen molar-refractivity contribution in [3.05, 3.63) is 72.2 Å². The van der Waals surface area contributed by atoms with Gasteiger partial charge in [0.15, 0.2) is 0 Å². The van der Waals surface area contributed by atoms with E-state index in [2.05, 4.69) is 20.5 Å². The van der Waals surface area contributed by atoms with Gasteiger partial charge in [0.25, 0.3) is 5.91 Å². The molecule has 7 nitrogen and oxygen atoms in total. The highest BCUT2D eigenvalue weighted by Gasteiger charge is 2.14. The molecule has 0 unspecified atom stereocenters. The highest BCUT2D eigenvalue weighted by atomic mass is 19.1. The normalized spacial score (nSPS) is 13.7. The Morgan fingerprint density at radius 1 is 1.03 bits per heavy atom. The van der Waals surface area contributed by atoms with E-state index in [0.29, 0.717) is 41.7 Å². The predicted octanol–water partition coefficient (Wildman–Crippen LogP) is 3.64. The summed E-state index contributed by atoms with van der Waals surface area (Å²) in [5, 5.41) is 6.16. The zero-order chi connectivity index (χ0) is 20.9. The maximum atomic E-state index is 14.7. The third-order valence-electron chi connectivity index (χ3n) is 4.82. The standard InChI is InChI=1S/C22H22FN5O2/c23-18-14-16(28-9-11-30-12-10-28)5-6-20(18)27-21-13-15(7-8-25-21)26-19-4-2-1-3-17(19)22(24)29/h1-8,13-14H,9-12H2,(H2,24,29)(H2,25,26,27). The van der Waals surface area contributed by atoms with Crippen molar-refractivity contribution in [1.82, 2.24) is 4.98 Å². The second-order valence-electron chi connectivity index (χ2n) is 6.85. The second kappa shape index (κ2) is 8.79. The minimum absolute atomic E-state index is 0.328. The lowest BCUT2D eigenvalue weighted by atomic mass is 10.1. The number of aromatic nitrogens is 1. The first-order valence-electron chi connectivity index (χ1n) is 9.61. The van der Waals surface area contributed by atoms with Crippen LogP contribution in [0.4, 0.5) is 33.0 Å². The Labute approximate surface area is 173 Å². The van der Waals surface area contributed by atoms with E-state index in [9.17, 15) is 9.18 Å². The van der Waals surface area contributed by atoms with Crippen LogP contribution in [0.2, 0.25) is 0 Å². The number of nitrogens with one attached hydrogen (secondary N) is 2. The van der Waals surface area contributed by atoms with Crippen LogP contribution in [0.15, 0.2) is 60.8 Å².